The third kappa shape index (κ3) is 6.03. The van der Waals surface area contributed by atoms with Crippen LogP contribution >= 0.6 is 0 Å². The first-order valence-electron chi connectivity index (χ1n) is 13.4. The molecule has 0 aliphatic carbocycles. The van der Waals surface area contributed by atoms with Gasteiger partial charge in [0.15, 0.2) is 0 Å². The van der Waals surface area contributed by atoms with Gasteiger partial charge >= 0.3 is 6.09 Å². The maximum Gasteiger partial charge on any atom is 0.407 e. The molecule has 3 N–H and O–H groups in total. The molecule has 1 atom stereocenters. The number of fused-ring (bicyclic) bond motifs is 1. The Morgan fingerprint density at radius 1 is 1.10 bits per heavy atom. The molecule has 9 heteroatoms. The Hall–Kier alpha value is -4.40. The number of likely N-dealkylation sites (tertiary alicyclic amines) is 1. The molecular formula is C30H34N6O3. The van der Waals surface area contributed by atoms with Gasteiger partial charge in [-0.3, -0.25) is 0 Å². The molecule has 5 rings (SSSR count). The zero-order valence-electron chi connectivity index (χ0n) is 22.5. The molecule has 1 aliphatic rings. The monoisotopic (exact) mass is 526 g/mol. The Morgan fingerprint density at radius 2 is 1.97 bits per heavy atom. The average molecular weight is 527 g/mol. The summed E-state index contributed by atoms with van der Waals surface area (Å²) in [6.45, 7) is 8.24. The van der Waals surface area contributed by atoms with Gasteiger partial charge in [0.1, 0.15) is 5.75 Å². The van der Waals surface area contributed by atoms with Crippen molar-refractivity contribution in [1.82, 2.24) is 19.9 Å². The Balaban J connectivity index is 1.43. The van der Waals surface area contributed by atoms with E-state index in [1.807, 2.05) is 31.2 Å². The Bertz CT molecular complexity index is 1470. The number of carbonyl (C=O) groups is 1. The number of rotatable bonds is 8. The Morgan fingerprint density at radius 3 is 2.79 bits per heavy atom. The van der Waals surface area contributed by atoms with E-state index in [1.165, 1.54) is 4.90 Å². The summed E-state index contributed by atoms with van der Waals surface area (Å²) in [6, 6.07) is 15.9. The van der Waals surface area contributed by atoms with Crippen molar-refractivity contribution in [2.24, 2.45) is 5.92 Å². The molecule has 0 radical (unpaired) electrons. The van der Waals surface area contributed by atoms with Gasteiger partial charge in [-0.05, 0) is 55.5 Å². The number of aryl methyl sites for hydroxylation is 1. The first-order valence-corrected chi connectivity index (χ1v) is 13.4. The number of anilines is 2. The fourth-order valence-electron chi connectivity index (χ4n) is 4.84. The minimum Gasteiger partial charge on any atom is -0.465 e. The number of ether oxygens (including phenoxy) is 1. The number of amides is 1. The van der Waals surface area contributed by atoms with Gasteiger partial charge in [-0.2, -0.15) is 0 Å². The van der Waals surface area contributed by atoms with Gasteiger partial charge in [0.05, 0.1) is 11.3 Å². The summed E-state index contributed by atoms with van der Waals surface area (Å²) in [5.41, 5.74) is 3.48. The van der Waals surface area contributed by atoms with Gasteiger partial charge in [-0.1, -0.05) is 38.1 Å². The first-order chi connectivity index (χ1) is 18.9. The van der Waals surface area contributed by atoms with Crippen LogP contribution in [0.4, 0.5) is 16.4 Å². The van der Waals surface area contributed by atoms with Crippen molar-refractivity contribution in [3.05, 3.63) is 66.5 Å². The van der Waals surface area contributed by atoms with Crippen molar-refractivity contribution in [3.8, 4) is 22.9 Å². The number of hydrogen-bond donors (Lipinski definition) is 3. The molecule has 1 unspecified atom stereocenters. The van der Waals surface area contributed by atoms with E-state index in [0.29, 0.717) is 36.5 Å². The summed E-state index contributed by atoms with van der Waals surface area (Å²) in [6.07, 6.45) is 4.14. The lowest BCUT2D eigenvalue weighted by molar-refractivity contribution is 0.132. The summed E-state index contributed by atoms with van der Waals surface area (Å²) < 4.78 is 6.53. The molecule has 0 saturated carbocycles. The van der Waals surface area contributed by atoms with E-state index in [2.05, 4.69) is 58.7 Å². The van der Waals surface area contributed by atoms with E-state index in [9.17, 15) is 9.90 Å². The third-order valence-corrected chi connectivity index (χ3v) is 6.84. The highest BCUT2D eigenvalue weighted by Gasteiger charge is 2.24. The van der Waals surface area contributed by atoms with Crippen molar-refractivity contribution in [3.63, 3.8) is 0 Å². The van der Waals surface area contributed by atoms with Gasteiger partial charge in [-0.25, -0.2) is 19.7 Å². The average Bonchev–Trinajstić information content (AvgIpc) is 2.94. The van der Waals surface area contributed by atoms with Crippen molar-refractivity contribution in [1.29, 1.82) is 0 Å². The Kier molecular flexibility index (Phi) is 7.76. The molecule has 39 heavy (non-hydrogen) atoms. The molecule has 1 amide bonds. The lowest BCUT2D eigenvalue weighted by Crippen LogP contribution is -2.44. The number of nitrogens with zero attached hydrogens (tertiary/aromatic N) is 4. The summed E-state index contributed by atoms with van der Waals surface area (Å²) in [5, 5.41) is 18.3. The van der Waals surface area contributed by atoms with Gasteiger partial charge in [0.25, 0.3) is 0 Å². The quantitative estimate of drug-likeness (QED) is 0.241. The van der Waals surface area contributed by atoms with Crippen molar-refractivity contribution >= 4 is 28.5 Å². The number of aromatic nitrogens is 3. The van der Waals surface area contributed by atoms with Crippen LogP contribution in [0.3, 0.4) is 0 Å². The molecule has 2 aromatic heterocycles. The van der Waals surface area contributed by atoms with Crippen molar-refractivity contribution in [2.45, 2.75) is 39.7 Å². The van der Waals surface area contributed by atoms with Crippen LogP contribution in [0.25, 0.3) is 22.0 Å². The maximum absolute atomic E-state index is 11.4. The second-order valence-corrected chi connectivity index (χ2v) is 10.3. The molecule has 2 aromatic carbocycles. The van der Waals surface area contributed by atoms with Crippen LogP contribution in [0.5, 0.6) is 11.6 Å². The standard InChI is InChI=1S/C30H34N6O3/c1-19(2)17-33-25-10-4-8-23-22(25)12-11-20(3)27(23)39-28-24(9-5-14-31-28)26-13-15-32-29(35-26)34-21-7-6-16-36(18-21)30(37)38/h4-5,8-15,19,21,33H,6-7,16-18H2,1-3H3,(H,37,38)(H,32,34,35). The van der Waals surface area contributed by atoms with Gasteiger partial charge in [-0.15, -0.1) is 0 Å². The molecule has 3 heterocycles. The van der Waals surface area contributed by atoms with E-state index >= 15 is 0 Å². The van der Waals surface area contributed by atoms with E-state index in [4.69, 9.17) is 9.72 Å². The molecule has 9 nitrogen and oxygen atoms in total. The molecular weight excluding hydrogens is 492 g/mol. The summed E-state index contributed by atoms with van der Waals surface area (Å²) in [5.74, 6) is 2.18. The summed E-state index contributed by atoms with van der Waals surface area (Å²) in [7, 11) is 0. The molecule has 1 aliphatic heterocycles. The summed E-state index contributed by atoms with van der Waals surface area (Å²) >= 11 is 0. The minimum atomic E-state index is -0.903. The lowest BCUT2D eigenvalue weighted by Gasteiger charge is -2.31. The van der Waals surface area contributed by atoms with Crippen LogP contribution < -0.4 is 15.4 Å². The van der Waals surface area contributed by atoms with Crippen LogP contribution in [0.1, 0.15) is 32.3 Å². The normalized spacial score (nSPS) is 15.4. The second kappa shape index (κ2) is 11.6. The number of hydrogen-bond acceptors (Lipinski definition) is 7. The van der Waals surface area contributed by atoms with Crippen molar-refractivity contribution < 1.29 is 14.6 Å². The maximum atomic E-state index is 11.4. The fourth-order valence-corrected chi connectivity index (χ4v) is 4.84. The van der Waals surface area contributed by atoms with Gasteiger partial charge in [0.2, 0.25) is 11.8 Å². The highest BCUT2D eigenvalue weighted by Crippen LogP contribution is 2.38. The second-order valence-electron chi connectivity index (χ2n) is 10.3. The smallest absolute Gasteiger partial charge is 0.407 e. The molecule has 1 fully saturated rings. The Labute approximate surface area is 228 Å². The number of pyridine rings is 1. The number of nitrogens with one attached hydrogen (secondary N) is 2. The van der Waals surface area contributed by atoms with Crippen LogP contribution in [0.15, 0.2) is 60.9 Å². The van der Waals surface area contributed by atoms with E-state index < -0.39 is 6.09 Å². The predicted molar refractivity (Wildman–Crippen MR) is 154 cm³/mol. The van der Waals surface area contributed by atoms with Gasteiger partial charge in [0, 0.05) is 54.5 Å². The molecule has 0 bridgehead atoms. The molecule has 202 valence electrons. The zero-order chi connectivity index (χ0) is 27.4. The van der Waals surface area contributed by atoms with E-state index in [-0.39, 0.29) is 6.04 Å². The van der Waals surface area contributed by atoms with Crippen LogP contribution in [0.2, 0.25) is 0 Å². The lowest BCUT2D eigenvalue weighted by atomic mass is 10.0. The largest absolute Gasteiger partial charge is 0.465 e. The molecule has 0 spiro atoms. The zero-order valence-corrected chi connectivity index (χ0v) is 22.5. The number of piperidine rings is 1. The van der Waals surface area contributed by atoms with Crippen LogP contribution in [-0.2, 0) is 0 Å². The number of benzene rings is 2. The topological polar surface area (TPSA) is 112 Å². The SMILES string of the molecule is Cc1ccc2c(NCC(C)C)cccc2c1Oc1ncccc1-c1ccnc(NC2CCCN(C(=O)O)C2)n1. The molecule has 4 aromatic rings. The highest BCUT2D eigenvalue weighted by atomic mass is 16.5. The highest BCUT2D eigenvalue weighted by molar-refractivity contribution is 5.98. The fraction of sp³-hybridized carbons (Fsp3) is 0.333. The number of carboxylic acid groups (broad SMARTS) is 1. The van der Waals surface area contributed by atoms with E-state index in [1.54, 1.807) is 12.4 Å². The third-order valence-electron chi connectivity index (χ3n) is 6.84. The summed E-state index contributed by atoms with van der Waals surface area (Å²) in [4.78, 5) is 26.5. The minimum absolute atomic E-state index is 0.0495. The van der Waals surface area contributed by atoms with Crippen molar-refractivity contribution in [2.75, 3.05) is 30.3 Å². The van der Waals surface area contributed by atoms with Crippen LogP contribution in [0, 0.1) is 12.8 Å². The van der Waals surface area contributed by atoms with E-state index in [0.717, 1.165) is 52.7 Å². The first kappa shape index (κ1) is 26.2. The molecule has 1 saturated heterocycles. The van der Waals surface area contributed by atoms with Crippen LogP contribution in [-0.4, -0.2) is 56.7 Å². The van der Waals surface area contributed by atoms with Gasteiger partial charge < -0.3 is 25.4 Å². The predicted octanol–water partition coefficient (Wildman–Crippen LogP) is 6.41.